The Morgan fingerprint density at radius 2 is 2.18 bits per heavy atom. The number of hydrogen-bond donors (Lipinski definition) is 2. The van der Waals surface area contributed by atoms with Crippen molar-refractivity contribution in [3.05, 3.63) is 0 Å². The minimum absolute atomic E-state index is 0.152. The van der Waals surface area contributed by atoms with Crippen LogP contribution in [0.15, 0.2) is 0 Å². The van der Waals surface area contributed by atoms with Crippen molar-refractivity contribution < 1.29 is 18.7 Å². The normalized spacial score (nSPS) is 24.9. The van der Waals surface area contributed by atoms with Crippen molar-refractivity contribution in [3.8, 4) is 0 Å². The molecule has 1 aliphatic rings. The number of carbonyl (C=O) groups is 1. The highest BCUT2D eigenvalue weighted by Gasteiger charge is 2.42. The summed E-state index contributed by atoms with van der Waals surface area (Å²) < 4.78 is 25.8. The third kappa shape index (κ3) is 4.98. The zero-order valence-corrected chi connectivity index (χ0v) is 10.4. The average Bonchev–Trinajstić information content (AvgIpc) is 2.54. The maximum atomic E-state index is 12.9. The SMILES string of the molecule is CC(C)CC(O)CNC(=O)C1CCC(F)(F)C1. The van der Waals surface area contributed by atoms with E-state index in [2.05, 4.69) is 5.32 Å². The molecule has 2 atom stereocenters. The summed E-state index contributed by atoms with van der Waals surface area (Å²) in [5.41, 5.74) is 0. The van der Waals surface area contributed by atoms with Gasteiger partial charge in [-0.05, 0) is 18.8 Å². The second-order valence-electron chi connectivity index (χ2n) is 5.32. The van der Waals surface area contributed by atoms with Crippen LogP contribution in [0.5, 0.6) is 0 Å². The molecule has 1 amide bonds. The van der Waals surface area contributed by atoms with Crippen LogP contribution < -0.4 is 5.32 Å². The van der Waals surface area contributed by atoms with Crippen molar-refractivity contribution in [3.63, 3.8) is 0 Å². The molecule has 1 aliphatic carbocycles. The van der Waals surface area contributed by atoms with Crippen LogP contribution in [-0.4, -0.2) is 29.6 Å². The van der Waals surface area contributed by atoms with Crippen LogP contribution in [0.25, 0.3) is 0 Å². The van der Waals surface area contributed by atoms with Crippen molar-refractivity contribution >= 4 is 5.91 Å². The van der Waals surface area contributed by atoms with Gasteiger partial charge in [-0.15, -0.1) is 0 Å². The number of nitrogens with one attached hydrogen (secondary N) is 1. The van der Waals surface area contributed by atoms with Gasteiger partial charge in [-0.1, -0.05) is 13.8 Å². The maximum absolute atomic E-state index is 12.9. The van der Waals surface area contributed by atoms with Gasteiger partial charge >= 0.3 is 0 Å². The molecule has 0 spiro atoms. The fourth-order valence-electron chi connectivity index (χ4n) is 2.16. The molecule has 0 aliphatic heterocycles. The topological polar surface area (TPSA) is 49.3 Å². The standard InChI is InChI=1S/C12H21F2NO2/c1-8(2)5-10(16)7-15-11(17)9-3-4-12(13,14)6-9/h8-10,16H,3-7H2,1-2H3,(H,15,17). The molecular formula is C12H21F2NO2. The van der Waals surface area contributed by atoms with E-state index in [4.69, 9.17) is 0 Å². The number of hydrogen-bond acceptors (Lipinski definition) is 2. The van der Waals surface area contributed by atoms with Gasteiger partial charge in [-0.3, -0.25) is 4.79 Å². The summed E-state index contributed by atoms with van der Waals surface area (Å²) in [6, 6.07) is 0. The van der Waals surface area contributed by atoms with Crippen molar-refractivity contribution in [2.24, 2.45) is 11.8 Å². The van der Waals surface area contributed by atoms with E-state index in [1.165, 1.54) is 0 Å². The highest BCUT2D eigenvalue weighted by atomic mass is 19.3. The number of aliphatic hydroxyl groups is 1. The molecule has 1 rings (SSSR count). The van der Waals surface area contributed by atoms with E-state index in [1.54, 1.807) is 0 Å². The lowest BCUT2D eigenvalue weighted by molar-refractivity contribution is -0.126. The Kier molecular flexibility index (Phi) is 4.86. The van der Waals surface area contributed by atoms with E-state index in [0.29, 0.717) is 12.3 Å². The van der Waals surface area contributed by atoms with Crippen LogP contribution in [0, 0.1) is 11.8 Å². The molecule has 0 aromatic carbocycles. The molecule has 5 heteroatoms. The molecule has 100 valence electrons. The highest BCUT2D eigenvalue weighted by molar-refractivity contribution is 5.79. The molecule has 2 unspecified atom stereocenters. The molecule has 0 saturated heterocycles. The van der Waals surface area contributed by atoms with Crippen LogP contribution in [0.4, 0.5) is 8.78 Å². The van der Waals surface area contributed by atoms with E-state index >= 15 is 0 Å². The van der Waals surface area contributed by atoms with Gasteiger partial charge in [0.15, 0.2) is 0 Å². The monoisotopic (exact) mass is 249 g/mol. The van der Waals surface area contributed by atoms with Gasteiger partial charge in [0, 0.05) is 25.3 Å². The molecule has 0 aromatic heterocycles. The van der Waals surface area contributed by atoms with Gasteiger partial charge in [0.1, 0.15) is 0 Å². The van der Waals surface area contributed by atoms with E-state index in [1.807, 2.05) is 13.8 Å². The molecule has 3 nitrogen and oxygen atoms in total. The fraction of sp³-hybridized carbons (Fsp3) is 0.917. The lowest BCUT2D eigenvalue weighted by atomic mass is 10.0. The summed E-state index contributed by atoms with van der Waals surface area (Å²) in [4.78, 5) is 11.6. The van der Waals surface area contributed by atoms with Gasteiger partial charge < -0.3 is 10.4 Å². The van der Waals surface area contributed by atoms with Crippen LogP contribution in [0.3, 0.4) is 0 Å². The third-order valence-corrected chi connectivity index (χ3v) is 3.03. The first kappa shape index (κ1) is 14.4. The first-order valence-electron chi connectivity index (χ1n) is 6.14. The van der Waals surface area contributed by atoms with Crippen molar-refractivity contribution in [2.75, 3.05) is 6.54 Å². The first-order valence-corrected chi connectivity index (χ1v) is 6.14. The molecule has 0 bridgehead atoms. The Bertz CT molecular complexity index is 269. The largest absolute Gasteiger partial charge is 0.391 e. The Balaban J connectivity index is 2.26. The molecule has 0 heterocycles. The van der Waals surface area contributed by atoms with E-state index in [0.717, 1.165) is 0 Å². The minimum Gasteiger partial charge on any atom is -0.391 e. The summed E-state index contributed by atoms with van der Waals surface area (Å²) in [5, 5.41) is 12.1. The van der Waals surface area contributed by atoms with Gasteiger partial charge in [0.2, 0.25) is 11.8 Å². The molecular weight excluding hydrogens is 228 g/mol. The lowest BCUT2D eigenvalue weighted by Gasteiger charge is -2.16. The maximum Gasteiger partial charge on any atom is 0.248 e. The number of aliphatic hydroxyl groups excluding tert-OH is 1. The average molecular weight is 249 g/mol. The predicted octanol–water partition coefficient (Wildman–Crippen LogP) is 1.94. The Morgan fingerprint density at radius 3 is 2.65 bits per heavy atom. The number of carbonyl (C=O) groups excluding carboxylic acids is 1. The zero-order chi connectivity index (χ0) is 13.1. The van der Waals surface area contributed by atoms with Crippen molar-refractivity contribution in [1.29, 1.82) is 0 Å². The summed E-state index contributed by atoms with van der Waals surface area (Å²) in [6.45, 7) is 4.10. The molecule has 2 N–H and O–H groups in total. The summed E-state index contributed by atoms with van der Waals surface area (Å²) in [7, 11) is 0. The highest BCUT2D eigenvalue weighted by Crippen LogP contribution is 2.38. The van der Waals surface area contributed by atoms with Gasteiger partial charge in [0.05, 0.1) is 6.10 Å². The van der Waals surface area contributed by atoms with Gasteiger partial charge in [-0.2, -0.15) is 0 Å². The molecule has 17 heavy (non-hydrogen) atoms. The number of halogens is 2. The number of rotatable bonds is 5. The summed E-state index contributed by atoms with van der Waals surface area (Å²) in [5.74, 6) is -3.31. The molecule has 1 fully saturated rings. The molecule has 0 radical (unpaired) electrons. The van der Waals surface area contributed by atoms with Crippen molar-refractivity contribution in [1.82, 2.24) is 5.32 Å². The first-order chi connectivity index (χ1) is 7.80. The van der Waals surface area contributed by atoms with E-state index < -0.39 is 17.9 Å². The van der Waals surface area contributed by atoms with E-state index in [-0.39, 0.29) is 31.7 Å². The Morgan fingerprint density at radius 1 is 1.53 bits per heavy atom. The second kappa shape index (κ2) is 5.76. The van der Waals surface area contributed by atoms with Gasteiger partial charge in [0.25, 0.3) is 0 Å². The van der Waals surface area contributed by atoms with Crippen LogP contribution >= 0.6 is 0 Å². The number of amides is 1. The summed E-state index contributed by atoms with van der Waals surface area (Å²) >= 11 is 0. The Labute approximate surface area is 101 Å². The Hall–Kier alpha value is -0.710. The summed E-state index contributed by atoms with van der Waals surface area (Å²) in [6.07, 6.45) is -0.334. The molecule has 1 saturated carbocycles. The van der Waals surface area contributed by atoms with Crippen LogP contribution in [0.2, 0.25) is 0 Å². The minimum atomic E-state index is -2.70. The number of alkyl halides is 2. The fourth-order valence-corrected chi connectivity index (χ4v) is 2.16. The zero-order valence-electron chi connectivity index (χ0n) is 10.4. The van der Waals surface area contributed by atoms with Crippen molar-refractivity contribution in [2.45, 2.75) is 51.6 Å². The predicted molar refractivity (Wildman–Crippen MR) is 60.8 cm³/mol. The molecule has 0 aromatic rings. The van der Waals surface area contributed by atoms with E-state index in [9.17, 15) is 18.7 Å². The van der Waals surface area contributed by atoms with Crippen LogP contribution in [0.1, 0.15) is 39.5 Å². The lowest BCUT2D eigenvalue weighted by Crippen LogP contribution is -2.36. The second-order valence-corrected chi connectivity index (χ2v) is 5.32. The third-order valence-electron chi connectivity index (χ3n) is 3.03. The van der Waals surface area contributed by atoms with Gasteiger partial charge in [-0.25, -0.2) is 8.78 Å². The van der Waals surface area contributed by atoms with Crippen LogP contribution in [-0.2, 0) is 4.79 Å². The smallest absolute Gasteiger partial charge is 0.248 e. The quantitative estimate of drug-likeness (QED) is 0.782.